The number of nitrogens with zero attached hydrogens (tertiary/aromatic N) is 1. The van der Waals surface area contributed by atoms with E-state index in [0.29, 0.717) is 17.9 Å². The van der Waals surface area contributed by atoms with Gasteiger partial charge >= 0.3 is 0 Å². The maximum Gasteiger partial charge on any atom is 0.226 e. The van der Waals surface area contributed by atoms with Crippen LogP contribution in [0.25, 0.3) is 0 Å². The van der Waals surface area contributed by atoms with Crippen molar-refractivity contribution in [1.29, 1.82) is 0 Å². The largest absolute Gasteiger partial charge is 0.336 e. The van der Waals surface area contributed by atoms with Crippen molar-refractivity contribution >= 4 is 5.91 Å². The topological polar surface area (TPSA) is 20.3 Å². The molecule has 2 nitrogen and oxygen atoms in total. The molecular weight excluding hydrogens is 234 g/mol. The van der Waals surface area contributed by atoms with Gasteiger partial charge in [0.2, 0.25) is 5.91 Å². The Balaban J connectivity index is 2.41. The van der Waals surface area contributed by atoms with Crippen molar-refractivity contribution in [2.75, 3.05) is 6.54 Å². The molecule has 0 spiro atoms. The van der Waals surface area contributed by atoms with Gasteiger partial charge in [0.05, 0.1) is 0 Å². The van der Waals surface area contributed by atoms with Crippen LogP contribution in [0, 0.1) is 5.92 Å². The molecule has 0 aliphatic heterocycles. The van der Waals surface area contributed by atoms with E-state index in [2.05, 4.69) is 45.9 Å². The third kappa shape index (κ3) is 6.09. The van der Waals surface area contributed by atoms with Crippen molar-refractivity contribution in [3.8, 4) is 0 Å². The molecule has 1 amide bonds. The molecule has 1 fully saturated rings. The summed E-state index contributed by atoms with van der Waals surface area (Å²) in [5.74, 6) is 0.677. The summed E-state index contributed by atoms with van der Waals surface area (Å²) < 4.78 is 0. The van der Waals surface area contributed by atoms with Crippen molar-refractivity contribution in [3.63, 3.8) is 0 Å². The second-order valence-corrected chi connectivity index (χ2v) is 5.84. The Labute approximate surface area is 118 Å². The summed E-state index contributed by atoms with van der Waals surface area (Å²) in [5.41, 5.74) is 1.31. The van der Waals surface area contributed by atoms with Gasteiger partial charge in [-0.05, 0) is 52.9 Å². The minimum Gasteiger partial charge on any atom is -0.336 e. The quantitative estimate of drug-likeness (QED) is 0.471. The van der Waals surface area contributed by atoms with Crippen LogP contribution in [-0.4, -0.2) is 23.4 Å². The molecule has 108 valence electrons. The fourth-order valence-electron chi connectivity index (χ4n) is 2.12. The lowest BCUT2D eigenvalue weighted by atomic mass is 10.1. The lowest BCUT2D eigenvalue weighted by Crippen LogP contribution is -2.39. The molecule has 2 heteroatoms. The summed E-state index contributed by atoms with van der Waals surface area (Å²) in [6.45, 7) is 9.31. The normalized spacial score (nSPS) is 16.4. The Hall–Kier alpha value is -1.05. The number of hydrogen-bond acceptors (Lipinski definition) is 1. The molecule has 0 saturated heterocycles. The predicted octanol–water partition coefficient (Wildman–Crippen LogP) is 4.33. The highest BCUT2D eigenvalue weighted by atomic mass is 16.2. The molecule has 1 aliphatic rings. The summed E-state index contributed by atoms with van der Waals surface area (Å²) in [4.78, 5) is 14.2. The van der Waals surface area contributed by atoms with Crippen LogP contribution in [0.15, 0.2) is 23.8 Å². The van der Waals surface area contributed by atoms with Crippen LogP contribution in [-0.2, 0) is 4.79 Å². The maximum absolute atomic E-state index is 12.2. The average molecular weight is 263 g/mol. The van der Waals surface area contributed by atoms with Crippen LogP contribution in [0.4, 0.5) is 0 Å². The first-order valence-corrected chi connectivity index (χ1v) is 7.67. The maximum atomic E-state index is 12.2. The predicted molar refractivity (Wildman–Crippen MR) is 82.0 cm³/mol. The molecule has 0 aromatic carbocycles. The molecule has 0 atom stereocenters. The summed E-state index contributed by atoms with van der Waals surface area (Å²) in [5, 5.41) is 0. The van der Waals surface area contributed by atoms with Crippen LogP contribution < -0.4 is 0 Å². The summed E-state index contributed by atoms with van der Waals surface area (Å²) in [6.07, 6.45) is 12.2. The lowest BCUT2D eigenvalue weighted by molar-refractivity contribution is -0.133. The number of amides is 1. The second-order valence-electron chi connectivity index (χ2n) is 5.84. The van der Waals surface area contributed by atoms with Crippen molar-refractivity contribution in [2.24, 2.45) is 5.92 Å². The number of rotatable bonds is 8. The minimum atomic E-state index is 0.302. The van der Waals surface area contributed by atoms with E-state index >= 15 is 0 Å². The molecule has 0 heterocycles. The van der Waals surface area contributed by atoms with E-state index in [4.69, 9.17) is 0 Å². The highest BCUT2D eigenvalue weighted by Crippen LogP contribution is 2.31. The standard InChI is InChI=1S/C17H29NO/c1-5-6-7-8-9-10-15(4)13-18(14(2)3)17(19)16-11-12-16/h6-7,10,14,16H,5,8-9,11-13H2,1-4H3/b7-6-,15-10+. The van der Waals surface area contributed by atoms with Gasteiger partial charge in [-0.3, -0.25) is 4.79 Å². The van der Waals surface area contributed by atoms with Gasteiger partial charge in [-0.25, -0.2) is 0 Å². The number of carbonyl (C=O) groups excluding carboxylic acids is 1. The zero-order valence-corrected chi connectivity index (χ0v) is 13.0. The summed E-state index contributed by atoms with van der Waals surface area (Å²) in [6, 6.07) is 0.302. The van der Waals surface area contributed by atoms with Crippen molar-refractivity contribution in [3.05, 3.63) is 23.8 Å². The Morgan fingerprint density at radius 3 is 2.47 bits per heavy atom. The van der Waals surface area contributed by atoms with Gasteiger partial charge in [-0.15, -0.1) is 0 Å². The fraction of sp³-hybridized carbons (Fsp3) is 0.706. The van der Waals surface area contributed by atoms with E-state index in [1.165, 1.54) is 5.57 Å². The van der Waals surface area contributed by atoms with E-state index in [9.17, 15) is 4.79 Å². The minimum absolute atomic E-state index is 0.302. The molecule has 0 aromatic rings. The van der Waals surface area contributed by atoms with Crippen molar-refractivity contribution in [2.45, 2.75) is 65.8 Å². The number of hydrogen-bond donors (Lipinski definition) is 0. The summed E-state index contributed by atoms with van der Waals surface area (Å²) >= 11 is 0. The van der Waals surface area contributed by atoms with E-state index in [1.54, 1.807) is 0 Å². The van der Waals surface area contributed by atoms with Gasteiger partial charge < -0.3 is 4.90 Å². The summed E-state index contributed by atoms with van der Waals surface area (Å²) in [7, 11) is 0. The van der Waals surface area contributed by atoms with Gasteiger partial charge in [0, 0.05) is 18.5 Å². The number of allylic oxidation sites excluding steroid dienone is 3. The van der Waals surface area contributed by atoms with Crippen LogP contribution in [0.3, 0.4) is 0 Å². The Kier molecular flexibility index (Phi) is 6.90. The smallest absolute Gasteiger partial charge is 0.226 e. The van der Waals surface area contributed by atoms with E-state index < -0.39 is 0 Å². The molecule has 0 radical (unpaired) electrons. The highest BCUT2D eigenvalue weighted by Gasteiger charge is 2.34. The van der Waals surface area contributed by atoms with Crippen molar-refractivity contribution < 1.29 is 4.79 Å². The molecule has 1 aliphatic carbocycles. The Bertz CT molecular complexity index is 337. The monoisotopic (exact) mass is 263 g/mol. The SMILES string of the molecule is CC/C=C\CC/C=C(\C)CN(C(=O)C1CC1)C(C)C. The van der Waals surface area contributed by atoms with E-state index in [0.717, 1.165) is 38.6 Å². The molecule has 1 saturated carbocycles. The lowest BCUT2D eigenvalue weighted by Gasteiger charge is -2.27. The first kappa shape index (κ1) is 16.0. The van der Waals surface area contributed by atoms with Gasteiger partial charge in [0.1, 0.15) is 0 Å². The van der Waals surface area contributed by atoms with Crippen LogP contribution in [0.2, 0.25) is 0 Å². The van der Waals surface area contributed by atoms with E-state index in [-0.39, 0.29) is 0 Å². The van der Waals surface area contributed by atoms with Crippen LogP contribution in [0.5, 0.6) is 0 Å². The highest BCUT2D eigenvalue weighted by molar-refractivity contribution is 5.81. The fourth-order valence-corrected chi connectivity index (χ4v) is 2.12. The zero-order valence-electron chi connectivity index (χ0n) is 13.0. The molecule has 0 N–H and O–H groups in total. The van der Waals surface area contributed by atoms with Crippen molar-refractivity contribution in [1.82, 2.24) is 4.90 Å². The Morgan fingerprint density at radius 1 is 1.26 bits per heavy atom. The molecule has 19 heavy (non-hydrogen) atoms. The first-order chi connectivity index (χ1) is 9.06. The van der Waals surface area contributed by atoms with Crippen LogP contribution >= 0.6 is 0 Å². The van der Waals surface area contributed by atoms with Gasteiger partial charge in [-0.1, -0.05) is 30.7 Å². The second kappa shape index (κ2) is 8.19. The molecule has 0 bridgehead atoms. The van der Waals surface area contributed by atoms with E-state index in [1.807, 2.05) is 4.90 Å². The van der Waals surface area contributed by atoms with Crippen LogP contribution in [0.1, 0.15) is 59.8 Å². The molecule has 0 unspecified atom stereocenters. The molecule has 1 rings (SSSR count). The van der Waals surface area contributed by atoms with Gasteiger partial charge in [-0.2, -0.15) is 0 Å². The number of carbonyl (C=O) groups is 1. The molecular formula is C17H29NO. The van der Waals surface area contributed by atoms with Gasteiger partial charge in [0.15, 0.2) is 0 Å². The average Bonchev–Trinajstić information content (AvgIpc) is 3.18. The first-order valence-electron chi connectivity index (χ1n) is 7.67. The third-order valence-corrected chi connectivity index (χ3v) is 3.48. The third-order valence-electron chi connectivity index (χ3n) is 3.48. The van der Waals surface area contributed by atoms with Gasteiger partial charge in [0.25, 0.3) is 0 Å². The number of unbranched alkanes of at least 4 members (excludes halogenated alkanes) is 1. The molecule has 0 aromatic heterocycles. The Morgan fingerprint density at radius 2 is 1.95 bits per heavy atom. The zero-order chi connectivity index (χ0) is 14.3.